The number of benzene rings is 4. The maximum atomic E-state index is 14.2. The molecule has 0 fully saturated rings. The molecule has 0 spiro atoms. The number of nitrogens with zero attached hydrogens (tertiary/aromatic N) is 1. The normalized spacial score (nSPS) is 14.6. The predicted octanol–water partition coefficient (Wildman–Crippen LogP) is 6.57. The van der Waals surface area contributed by atoms with Gasteiger partial charge in [0.25, 0.3) is 11.8 Å². The number of amides is 2. The van der Waals surface area contributed by atoms with Gasteiger partial charge in [0.05, 0.1) is 22.6 Å². The number of anilines is 1. The van der Waals surface area contributed by atoms with Gasteiger partial charge in [-0.1, -0.05) is 17.7 Å². The lowest BCUT2D eigenvalue weighted by molar-refractivity contribution is -0.137. The summed E-state index contributed by atoms with van der Waals surface area (Å²) in [5.41, 5.74) is 0.124. The molecule has 6 rings (SSSR count). The third-order valence-corrected chi connectivity index (χ3v) is 7.58. The van der Waals surface area contributed by atoms with Crippen LogP contribution in [0.25, 0.3) is 22.2 Å². The number of aromatic nitrogens is 2. The second-order valence-corrected chi connectivity index (χ2v) is 10.4. The number of carbonyl (C=O) groups excluding carboxylic acids is 2. The van der Waals surface area contributed by atoms with Crippen molar-refractivity contribution in [1.29, 1.82) is 0 Å². The van der Waals surface area contributed by atoms with Crippen molar-refractivity contribution in [3.63, 3.8) is 0 Å². The highest BCUT2D eigenvalue weighted by molar-refractivity contribution is 6.31. The van der Waals surface area contributed by atoms with Crippen LogP contribution in [-0.2, 0) is 13.2 Å². The zero-order valence-electron chi connectivity index (χ0n) is 21.9. The summed E-state index contributed by atoms with van der Waals surface area (Å²) in [6, 6.07) is 11.9. The molecule has 5 aromatic rings. The molecule has 1 aliphatic heterocycles. The molecule has 0 aliphatic carbocycles. The first-order valence-corrected chi connectivity index (χ1v) is 13.0. The fourth-order valence-corrected chi connectivity index (χ4v) is 5.38. The van der Waals surface area contributed by atoms with E-state index in [0.29, 0.717) is 34.3 Å². The predicted molar refractivity (Wildman–Crippen MR) is 149 cm³/mol. The van der Waals surface area contributed by atoms with Gasteiger partial charge in [-0.25, -0.2) is 13.6 Å². The quantitative estimate of drug-likeness (QED) is 0.200. The molecular weight excluding hydrogens is 595 g/mol. The van der Waals surface area contributed by atoms with Crippen LogP contribution in [0.3, 0.4) is 0 Å². The van der Waals surface area contributed by atoms with Crippen molar-refractivity contribution in [2.45, 2.75) is 12.2 Å². The summed E-state index contributed by atoms with van der Waals surface area (Å²) in [5, 5.41) is 5.34. The van der Waals surface area contributed by atoms with Crippen LogP contribution >= 0.6 is 11.6 Å². The Hall–Kier alpha value is -4.97. The Morgan fingerprint density at radius 3 is 2.44 bits per heavy atom. The van der Waals surface area contributed by atoms with Crippen LogP contribution in [0.4, 0.5) is 27.6 Å². The first-order chi connectivity index (χ1) is 20.3. The maximum absolute atomic E-state index is 14.2. The number of hydrogen-bond donors (Lipinski definition) is 3. The van der Waals surface area contributed by atoms with E-state index in [2.05, 4.69) is 15.6 Å². The number of imidazole rings is 1. The molecular formula is C30H18ClF5N4O3. The van der Waals surface area contributed by atoms with Crippen molar-refractivity contribution >= 4 is 40.1 Å². The number of H-pyrrole nitrogens is 1. The van der Waals surface area contributed by atoms with Gasteiger partial charge in [-0.2, -0.15) is 13.2 Å². The average molecular weight is 613 g/mol. The molecule has 0 saturated heterocycles. The van der Waals surface area contributed by atoms with Crippen LogP contribution in [-0.4, -0.2) is 21.4 Å². The molecule has 218 valence electrons. The number of hydrogen-bond acceptors (Lipinski definition) is 3. The number of carbonyl (C=O) groups is 2. The van der Waals surface area contributed by atoms with Crippen molar-refractivity contribution in [2.24, 2.45) is 7.05 Å². The average Bonchev–Trinajstić information content (AvgIpc) is 3.44. The molecule has 13 heteroatoms. The molecule has 7 nitrogen and oxygen atoms in total. The number of nitrogens with one attached hydrogen (secondary N) is 3. The minimum Gasteiger partial charge on any atom is -0.341 e. The van der Waals surface area contributed by atoms with E-state index in [0.717, 1.165) is 12.1 Å². The molecule has 0 bridgehead atoms. The SMILES string of the molecule is Cn1c(=O)[nH]c2ccc(-c3cc(NC(=O)c4cc(F)cc(C(F)(F)F)c4)c4c(c3)C(=O)NC4c3cc(F)ccc3Cl)cc21. The zero-order chi connectivity index (χ0) is 30.8. The molecule has 2 amide bonds. The molecule has 0 radical (unpaired) electrons. The highest BCUT2D eigenvalue weighted by Crippen LogP contribution is 2.42. The van der Waals surface area contributed by atoms with Crippen LogP contribution in [0.1, 0.15) is 43.4 Å². The Morgan fingerprint density at radius 2 is 1.70 bits per heavy atom. The first-order valence-electron chi connectivity index (χ1n) is 12.6. The van der Waals surface area contributed by atoms with Crippen LogP contribution in [0.15, 0.2) is 71.5 Å². The Labute approximate surface area is 243 Å². The number of fused-ring (bicyclic) bond motifs is 2. The van der Waals surface area contributed by atoms with E-state index < -0.39 is 46.8 Å². The molecule has 43 heavy (non-hydrogen) atoms. The molecule has 2 heterocycles. The van der Waals surface area contributed by atoms with E-state index in [-0.39, 0.29) is 39.2 Å². The summed E-state index contributed by atoms with van der Waals surface area (Å²) >= 11 is 6.34. The van der Waals surface area contributed by atoms with E-state index in [4.69, 9.17) is 11.6 Å². The van der Waals surface area contributed by atoms with Gasteiger partial charge in [-0.15, -0.1) is 0 Å². The molecule has 0 saturated carbocycles. The van der Waals surface area contributed by atoms with Crippen molar-refractivity contribution in [2.75, 3.05) is 5.32 Å². The van der Waals surface area contributed by atoms with E-state index in [9.17, 15) is 36.3 Å². The van der Waals surface area contributed by atoms with Gasteiger partial charge >= 0.3 is 11.9 Å². The number of halogens is 6. The maximum Gasteiger partial charge on any atom is 0.416 e. The van der Waals surface area contributed by atoms with Gasteiger partial charge in [0.15, 0.2) is 0 Å². The van der Waals surface area contributed by atoms with E-state index in [1.165, 1.54) is 22.8 Å². The Balaban J connectivity index is 1.53. The third kappa shape index (κ3) is 5.03. The van der Waals surface area contributed by atoms with E-state index in [1.54, 1.807) is 25.2 Å². The minimum absolute atomic E-state index is 0.0120. The second-order valence-electron chi connectivity index (χ2n) is 9.96. The lowest BCUT2D eigenvalue weighted by Gasteiger charge is -2.19. The standard InChI is InChI=1S/C30H18ClF5N4O3/c1-40-24-10-13(2-5-22(24)38-29(40)43)14-8-20-25(26(39-28(20)42)19-12-17(32)3-4-21(19)31)23(9-14)37-27(41)15-6-16(30(34,35)36)11-18(33)7-15/h2-12,26H,1H3,(H,37,41)(H,38,43)(H,39,42). The fraction of sp³-hybridized carbons (Fsp3) is 0.100. The minimum atomic E-state index is -4.91. The second kappa shape index (κ2) is 10.1. The topological polar surface area (TPSA) is 96.0 Å². The summed E-state index contributed by atoms with van der Waals surface area (Å²) < 4.78 is 69.8. The molecule has 1 aliphatic rings. The van der Waals surface area contributed by atoms with E-state index >= 15 is 0 Å². The van der Waals surface area contributed by atoms with Crippen LogP contribution < -0.4 is 16.3 Å². The van der Waals surface area contributed by atoms with Crippen molar-refractivity contribution in [1.82, 2.24) is 14.9 Å². The van der Waals surface area contributed by atoms with Crippen LogP contribution in [0, 0.1) is 11.6 Å². The van der Waals surface area contributed by atoms with Crippen molar-refractivity contribution < 1.29 is 31.5 Å². The molecule has 3 N–H and O–H groups in total. The summed E-state index contributed by atoms with van der Waals surface area (Å²) in [5.74, 6) is -3.59. The Kier molecular flexibility index (Phi) is 6.61. The third-order valence-electron chi connectivity index (χ3n) is 7.23. The zero-order valence-corrected chi connectivity index (χ0v) is 22.6. The highest BCUT2D eigenvalue weighted by Gasteiger charge is 2.36. The van der Waals surface area contributed by atoms with Gasteiger partial charge in [-0.3, -0.25) is 14.2 Å². The summed E-state index contributed by atoms with van der Waals surface area (Å²) in [6.45, 7) is 0. The van der Waals surface area contributed by atoms with Crippen molar-refractivity contribution in [3.8, 4) is 11.1 Å². The van der Waals surface area contributed by atoms with Gasteiger partial charge in [-0.05, 0) is 71.8 Å². The number of alkyl halides is 3. The Bertz CT molecular complexity index is 2050. The van der Waals surface area contributed by atoms with Crippen LogP contribution in [0.5, 0.6) is 0 Å². The van der Waals surface area contributed by atoms with Gasteiger partial charge < -0.3 is 15.6 Å². The molecule has 1 aromatic heterocycles. The number of aryl methyl sites for hydroxylation is 1. The number of rotatable bonds is 4. The van der Waals surface area contributed by atoms with E-state index in [1.807, 2.05) is 0 Å². The highest BCUT2D eigenvalue weighted by atomic mass is 35.5. The fourth-order valence-electron chi connectivity index (χ4n) is 5.15. The van der Waals surface area contributed by atoms with Gasteiger partial charge in [0, 0.05) is 40.0 Å². The smallest absolute Gasteiger partial charge is 0.341 e. The largest absolute Gasteiger partial charge is 0.416 e. The molecule has 4 aromatic carbocycles. The summed E-state index contributed by atoms with van der Waals surface area (Å²) in [7, 11) is 1.56. The molecule has 1 atom stereocenters. The monoisotopic (exact) mass is 612 g/mol. The van der Waals surface area contributed by atoms with Crippen LogP contribution in [0.2, 0.25) is 5.02 Å². The summed E-state index contributed by atoms with van der Waals surface area (Å²) in [6.07, 6.45) is -4.91. The lowest BCUT2D eigenvalue weighted by Crippen LogP contribution is -2.21. The van der Waals surface area contributed by atoms with Gasteiger partial charge in [0.2, 0.25) is 0 Å². The summed E-state index contributed by atoms with van der Waals surface area (Å²) in [4.78, 5) is 41.3. The molecule has 1 unspecified atom stereocenters. The number of aromatic amines is 1. The van der Waals surface area contributed by atoms with Crippen molar-refractivity contribution in [3.05, 3.63) is 122 Å². The Morgan fingerprint density at radius 1 is 0.930 bits per heavy atom. The van der Waals surface area contributed by atoms with Gasteiger partial charge in [0.1, 0.15) is 11.6 Å². The lowest BCUT2D eigenvalue weighted by atomic mass is 9.92. The first kappa shape index (κ1) is 28.2.